The monoisotopic (exact) mass is 251 g/mol. The van der Waals surface area contributed by atoms with Crippen LogP contribution >= 0.6 is 0 Å². The van der Waals surface area contributed by atoms with E-state index in [2.05, 4.69) is 20.7 Å². The Morgan fingerprint density at radius 1 is 1.50 bits per heavy atom. The molecule has 1 aliphatic rings. The van der Waals surface area contributed by atoms with Crippen molar-refractivity contribution in [1.29, 1.82) is 0 Å². The Labute approximate surface area is 103 Å². The van der Waals surface area contributed by atoms with Crippen molar-refractivity contribution in [1.82, 2.24) is 15.3 Å². The molecule has 1 fully saturated rings. The Morgan fingerprint density at radius 3 is 2.89 bits per heavy atom. The second kappa shape index (κ2) is 4.45. The molecule has 6 N–H and O–H groups in total. The molecule has 0 bridgehead atoms. The lowest BCUT2D eigenvalue weighted by Gasteiger charge is -2.32. The fraction of sp³-hybridized carbons (Fsp3) is 0.333. The molecule has 0 aliphatic carbocycles. The SMILES string of the molecule is CC1C(=O)NC(=O)CN1c1cc(NN)nc(N)n1. The van der Waals surface area contributed by atoms with Gasteiger partial charge in [-0.3, -0.25) is 14.9 Å². The summed E-state index contributed by atoms with van der Waals surface area (Å²) >= 11 is 0. The first-order chi connectivity index (χ1) is 8.51. The number of carbonyl (C=O) groups excluding carboxylic acids is 2. The second-order valence-electron chi connectivity index (χ2n) is 3.83. The molecule has 1 aromatic rings. The molecule has 2 amide bonds. The number of amides is 2. The number of imide groups is 1. The second-order valence-corrected chi connectivity index (χ2v) is 3.83. The van der Waals surface area contributed by atoms with Gasteiger partial charge in [0.25, 0.3) is 0 Å². The lowest BCUT2D eigenvalue weighted by molar-refractivity contribution is -0.132. The van der Waals surface area contributed by atoms with Crippen LogP contribution in [0.1, 0.15) is 6.92 Å². The molecule has 1 aliphatic heterocycles. The van der Waals surface area contributed by atoms with Crippen molar-refractivity contribution in [2.75, 3.05) is 22.6 Å². The number of anilines is 3. The summed E-state index contributed by atoms with van der Waals surface area (Å²) in [4.78, 5) is 32.2. The van der Waals surface area contributed by atoms with Crippen molar-refractivity contribution in [3.63, 3.8) is 0 Å². The molecule has 1 unspecified atom stereocenters. The van der Waals surface area contributed by atoms with E-state index in [1.54, 1.807) is 6.92 Å². The van der Waals surface area contributed by atoms with E-state index in [9.17, 15) is 9.59 Å². The maximum atomic E-state index is 11.5. The maximum Gasteiger partial charge on any atom is 0.249 e. The van der Waals surface area contributed by atoms with E-state index in [1.165, 1.54) is 11.0 Å². The number of rotatable bonds is 2. The average molecular weight is 251 g/mol. The molecular formula is C9H13N7O2. The summed E-state index contributed by atoms with van der Waals surface area (Å²) in [6.45, 7) is 1.68. The molecular weight excluding hydrogens is 238 g/mol. The van der Waals surface area contributed by atoms with E-state index in [4.69, 9.17) is 11.6 Å². The third-order valence-electron chi connectivity index (χ3n) is 2.60. The molecule has 2 heterocycles. The summed E-state index contributed by atoms with van der Waals surface area (Å²) < 4.78 is 0. The number of nitrogens with one attached hydrogen (secondary N) is 2. The minimum absolute atomic E-state index is 0.00563. The van der Waals surface area contributed by atoms with Gasteiger partial charge in [-0.15, -0.1) is 0 Å². The molecule has 96 valence electrons. The average Bonchev–Trinajstić information content (AvgIpc) is 2.32. The molecule has 2 rings (SSSR count). The molecule has 1 aromatic heterocycles. The van der Waals surface area contributed by atoms with Crippen LogP contribution in [0.4, 0.5) is 17.6 Å². The fourth-order valence-electron chi connectivity index (χ4n) is 1.67. The number of piperazine rings is 1. The van der Waals surface area contributed by atoms with Gasteiger partial charge in [0.2, 0.25) is 17.8 Å². The highest BCUT2D eigenvalue weighted by molar-refractivity contribution is 6.04. The van der Waals surface area contributed by atoms with Crippen molar-refractivity contribution in [2.24, 2.45) is 5.84 Å². The van der Waals surface area contributed by atoms with Crippen LogP contribution in [-0.4, -0.2) is 34.4 Å². The quantitative estimate of drug-likeness (QED) is 0.274. The van der Waals surface area contributed by atoms with Crippen molar-refractivity contribution in [3.05, 3.63) is 6.07 Å². The van der Waals surface area contributed by atoms with Gasteiger partial charge in [0.05, 0.1) is 6.54 Å². The van der Waals surface area contributed by atoms with Crippen LogP contribution in [0, 0.1) is 0 Å². The van der Waals surface area contributed by atoms with Crippen LogP contribution in [0.5, 0.6) is 0 Å². The summed E-state index contributed by atoms with van der Waals surface area (Å²) in [6, 6.07) is 0.987. The van der Waals surface area contributed by atoms with Crippen LogP contribution < -0.4 is 27.2 Å². The largest absolute Gasteiger partial charge is 0.368 e. The van der Waals surface area contributed by atoms with E-state index in [1.807, 2.05) is 0 Å². The van der Waals surface area contributed by atoms with Gasteiger partial charge in [0.15, 0.2) is 0 Å². The van der Waals surface area contributed by atoms with Crippen molar-refractivity contribution >= 4 is 29.4 Å². The van der Waals surface area contributed by atoms with Crippen LogP contribution in [0.3, 0.4) is 0 Å². The van der Waals surface area contributed by atoms with Gasteiger partial charge in [0, 0.05) is 6.07 Å². The lowest BCUT2D eigenvalue weighted by Crippen LogP contribution is -2.57. The van der Waals surface area contributed by atoms with Gasteiger partial charge in [0.1, 0.15) is 17.7 Å². The highest BCUT2D eigenvalue weighted by atomic mass is 16.2. The van der Waals surface area contributed by atoms with E-state index < -0.39 is 11.9 Å². The van der Waals surface area contributed by atoms with Gasteiger partial charge in [-0.2, -0.15) is 9.97 Å². The molecule has 9 heteroatoms. The summed E-state index contributed by atoms with van der Waals surface area (Å²) in [6.07, 6.45) is 0. The Kier molecular flexibility index (Phi) is 2.98. The Morgan fingerprint density at radius 2 is 2.22 bits per heavy atom. The van der Waals surface area contributed by atoms with Gasteiger partial charge >= 0.3 is 0 Å². The molecule has 1 atom stereocenters. The van der Waals surface area contributed by atoms with Crippen molar-refractivity contribution in [3.8, 4) is 0 Å². The van der Waals surface area contributed by atoms with Gasteiger partial charge in [-0.25, -0.2) is 5.84 Å². The first-order valence-corrected chi connectivity index (χ1v) is 5.22. The number of aromatic nitrogens is 2. The topological polar surface area (TPSA) is 139 Å². The molecule has 1 saturated heterocycles. The van der Waals surface area contributed by atoms with Crippen LogP contribution in [0.15, 0.2) is 6.07 Å². The van der Waals surface area contributed by atoms with Gasteiger partial charge < -0.3 is 16.1 Å². The maximum absolute atomic E-state index is 11.5. The van der Waals surface area contributed by atoms with E-state index in [-0.39, 0.29) is 18.4 Å². The highest BCUT2D eigenvalue weighted by Gasteiger charge is 2.31. The Balaban J connectivity index is 2.37. The molecule has 0 saturated carbocycles. The summed E-state index contributed by atoms with van der Waals surface area (Å²) in [7, 11) is 0. The van der Waals surface area contributed by atoms with Crippen LogP contribution in [0.25, 0.3) is 0 Å². The zero-order valence-corrected chi connectivity index (χ0v) is 9.67. The van der Waals surface area contributed by atoms with Gasteiger partial charge in [-0.05, 0) is 6.92 Å². The minimum atomic E-state index is -0.525. The molecule has 0 radical (unpaired) electrons. The molecule has 18 heavy (non-hydrogen) atoms. The smallest absolute Gasteiger partial charge is 0.249 e. The summed E-state index contributed by atoms with van der Waals surface area (Å²) in [5.74, 6) is 5.15. The first-order valence-electron chi connectivity index (χ1n) is 5.22. The van der Waals surface area contributed by atoms with Crippen LogP contribution in [-0.2, 0) is 9.59 Å². The third kappa shape index (κ3) is 2.15. The first kappa shape index (κ1) is 12.0. The Bertz CT molecular complexity index is 504. The number of nitrogen functional groups attached to an aromatic ring is 2. The van der Waals surface area contributed by atoms with Crippen molar-refractivity contribution < 1.29 is 9.59 Å². The molecule has 0 aromatic carbocycles. The number of hydrazine groups is 1. The standard InChI is InChI=1S/C9H13N7O2/c1-4-8(18)14-7(17)3-16(4)6-2-5(15-11)12-9(10)13-6/h2,4H,3,11H2,1H3,(H,14,17,18)(H3,10,12,13,15). The summed E-state index contributed by atoms with van der Waals surface area (Å²) in [5.41, 5.74) is 7.87. The van der Waals surface area contributed by atoms with Gasteiger partial charge in [-0.1, -0.05) is 0 Å². The normalized spacial score (nSPS) is 19.7. The zero-order chi connectivity index (χ0) is 13.3. The van der Waals surface area contributed by atoms with Crippen LogP contribution in [0.2, 0.25) is 0 Å². The number of carbonyl (C=O) groups is 2. The van der Waals surface area contributed by atoms with E-state index in [0.29, 0.717) is 11.6 Å². The van der Waals surface area contributed by atoms with E-state index in [0.717, 1.165) is 0 Å². The fourth-order valence-corrected chi connectivity index (χ4v) is 1.67. The number of hydrogen-bond acceptors (Lipinski definition) is 8. The zero-order valence-electron chi connectivity index (χ0n) is 9.67. The number of nitrogens with zero attached hydrogens (tertiary/aromatic N) is 3. The predicted molar refractivity (Wildman–Crippen MR) is 64.2 cm³/mol. The number of nitrogens with two attached hydrogens (primary N) is 2. The third-order valence-corrected chi connectivity index (χ3v) is 2.60. The minimum Gasteiger partial charge on any atom is -0.368 e. The molecule has 9 nitrogen and oxygen atoms in total. The summed E-state index contributed by atoms with van der Waals surface area (Å²) in [5, 5.41) is 2.24. The molecule has 0 spiro atoms. The highest BCUT2D eigenvalue weighted by Crippen LogP contribution is 2.20. The Hall–Kier alpha value is -2.42. The van der Waals surface area contributed by atoms with Crippen molar-refractivity contribution in [2.45, 2.75) is 13.0 Å². The lowest BCUT2D eigenvalue weighted by atomic mass is 10.2. The number of hydrogen-bond donors (Lipinski definition) is 4. The predicted octanol–water partition coefficient (Wildman–Crippen LogP) is -1.80. The van der Waals surface area contributed by atoms with E-state index >= 15 is 0 Å².